The van der Waals surface area contributed by atoms with Crippen molar-refractivity contribution in [1.82, 2.24) is 10.0 Å². The molecular weight excluding hydrogens is 400 g/mol. The summed E-state index contributed by atoms with van der Waals surface area (Å²) in [5.41, 5.74) is 0.266. The molecule has 1 unspecified atom stereocenters. The number of rotatable bonds is 8. The summed E-state index contributed by atoms with van der Waals surface area (Å²) < 4.78 is 37.7. The molecule has 1 aliphatic rings. The van der Waals surface area contributed by atoms with Crippen LogP contribution in [-0.2, 0) is 19.5 Å². The number of benzene rings is 1. The lowest BCUT2D eigenvalue weighted by molar-refractivity contribution is 0.0857. The average molecular weight is 421 g/mol. The van der Waals surface area contributed by atoms with Crippen molar-refractivity contribution in [3.63, 3.8) is 0 Å². The van der Waals surface area contributed by atoms with Gasteiger partial charge in [-0.05, 0) is 47.0 Å². The average Bonchev–Trinajstić information content (AvgIpc) is 3.06. The number of methoxy groups -OCH3 is 1. The van der Waals surface area contributed by atoms with Crippen LogP contribution in [-0.4, -0.2) is 53.8 Å². The Balaban J connectivity index is 2.08. The van der Waals surface area contributed by atoms with E-state index in [1.807, 2.05) is 0 Å². The molecule has 134 valence electrons. The highest BCUT2D eigenvalue weighted by Gasteiger charge is 2.20. The van der Waals surface area contributed by atoms with Crippen LogP contribution in [0.4, 0.5) is 0 Å². The zero-order valence-electron chi connectivity index (χ0n) is 13.4. The van der Waals surface area contributed by atoms with Crippen LogP contribution in [0.3, 0.4) is 0 Å². The summed E-state index contributed by atoms with van der Waals surface area (Å²) in [6.45, 7) is 1.55. The number of amides is 1. The maximum absolute atomic E-state index is 12.3. The minimum absolute atomic E-state index is 0.0235. The number of sulfonamides is 1. The molecule has 9 heteroatoms. The van der Waals surface area contributed by atoms with Crippen LogP contribution >= 0.6 is 15.9 Å². The van der Waals surface area contributed by atoms with Crippen LogP contribution in [0, 0.1) is 0 Å². The smallest absolute Gasteiger partial charge is 0.252 e. The fourth-order valence-corrected chi connectivity index (χ4v) is 3.78. The van der Waals surface area contributed by atoms with E-state index in [0.29, 0.717) is 17.6 Å². The Morgan fingerprint density at radius 1 is 1.46 bits per heavy atom. The molecule has 1 fully saturated rings. The topological polar surface area (TPSA) is 93.7 Å². The molecule has 1 amide bonds. The lowest BCUT2D eigenvalue weighted by atomic mass is 10.2. The third kappa shape index (κ3) is 5.25. The number of halogens is 1. The lowest BCUT2D eigenvalue weighted by Gasteiger charge is -2.13. The Hall–Kier alpha value is -1.00. The van der Waals surface area contributed by atoms with E-state index in [2.05, 4.69) is 26.0 Å². The van der Waals surface area contributed by atoms with Gasteiger partial charge < -0.3 is 14.8 Å². The lowest BCUT2D eigenvalue weighted by Crippen LogP contribution is -2.32. The summed E-state index contributed by atoms with van der Waals surface area (Å²) in [6, 6.07) is 4.34. The Bertz CT molecular complexity index is 674. The van der Waals surface area contributed by atoms with E-state index < -0.39 is 10.0 Å². The first kappa shape index (κ1) is 19.3. The van der Waals surface area contributed by atoms with Crippen molar-refractivity contribution in [1.29, 1.82) is 0 Å². The standard InChI is InChI=1S/C15H21BrN2O5S/c1-22-8-6-18-24(20,21)12-4-5-14(16)13(9-12)15(19)17-10-11-3-2-7-23-11/h4-5,9,11,18H,2-3,6-8,10H2,1H3,(H,17,19). The molecule has 0 bridgehead atoms. The molecule has 1 aromatic carbocycles. The van der Waals surface area contributed by atoms with Crippen LogP contribution in [0.15, 0.2) is 27.6 Å². The predicted molar refractivity (Wildman–Crippen MR) is 92.5 cm³/mol. The van der Waals surface area contributed by atoms with Crippen molar-refractivity contribution in [3.05, 3.63) is 28.2 Å². The van der Waals surface area contributed by atoms with E-state index in [1.165, 1.54) is 19.2 Å². The molecule has 2 N–H and O–H groups in total. The Kier molecular flexibility index (Phi) is 7.17. The van der Waals surface area contributed by atoms with Crippen LogP contribution in [0.2, 0.25) is 0 Å². The summed E-state index contributed by atoms with van der Waals surface area (Å²) in [5, 5.41) is 2.78. The van der Waals surface area contributed by atoms with Crippen LogP contribution in [0.5, 0.6) is 0 Å². The van der Waals surface area contributed by atoms with E-state index in [9.17, 15) is 13.2 Å². The van der Waals surface area contributed by atoms with E-state index in [4.69, 9.17) is 9.47 Å². The van der Waals surface area contributed by atoms with Gasteiger partial charge in [0.15, 0.2) is 0 Å². The summed E-state index contributed by atoms with van der Waals surface area (Å²) in [5.74, 6) is -0.341. The van der Waals surface area contributed by atoms with Gasteiger partial charge in [0, 0.05) is 31.3 Å². The highest BCUT2D eigenvalue weighted by Crippen LogP contribution is 2.21. The summed E-state index contributed by atoms with van der Waals surface area (Å²) in [6.07, 6.45) is 1.93. The quantitative estimate of drug-likeness (QED) is 0.617. The second-order valence-corrected chi connectivity index (χ2v) is 8.00. The molecule has 1 aliphatic heterocycles. The number of carbonyl (C=O) groups excluding carboxylic acids is 1. The molecule has 1 atom stereocenters. The first-order valence-electron chi connectivity index (χ1n) is 7.62. The van der Waals surface area contributed by atoms with E-state index in [-0.39, 0.29) is 35.6 Å². The molecule has 0 aromatic heterocycles. The van der Waals surface area contributed by atoms with E-state index >= 15 is 0 Å². The molecule has 2 rings (SSSR count). The van der Waals surface area contributed by atoms with Crippen molar-refractivity contribution in [2.24, 2.45) is 0 Å². The highest BCUT2D eigenvalue weighted by atomic mass is 79.9. The monoisotopic (exact) mass is 420 g/mol. The van der Waals surface area contributed by atoms with Gasteiger partial charge in [-0.25, -0.2) is 13.1 Å². The van der Waals surface area contributed by atoms with Crippen molar-refractivity contribution in [2.75, 3.05) is 33.4 Å². The number of ether oxygens (including phenoxy) is 2. The molecule has 24 heavy (non-hydrogen) atoms. The maximum atomic E-state index is 12.3. The number of hydrogen-bond donors (Lipinski definition) is 2. The fraction of sp³-hybridized carbons (Fsp3) is 0.533. The number of nitrogens with one attached hydrogen (secondary N) is 2. The highest BCUT2D eigenvalue weighted by molar-refractivity contribution is 9.10. The molecular formula is C15H21BrN2O5S. The minimum atomic E-state index is -3.69. The Morgan fingerprint density at radius 3 is 2.92 bits per heavy atom. The third-order valence-electron chi connectivity index (χ3n) is 3.61. The number of hydrogen-bond acceptors (Lipinski definition) is 5. The summed E-state index contributed by atoms with van der Waals surface area (Å²) in [7, 11) is -2.20. The fourth-order valence-electron chi connectivity index (χ4n) is 2.31. The zero-order valence-corrected chi connectivity index (χ0v) is 15.8. The van der Waals surface area contributed by atoms with Gasteiger partial charge >= 0.3 is 0 Å². The van der Waals surface area contributed by atoms with Gasteiger partial charge in [0.2, 0.25) is 10.0 Å². The minimum Gasteiger partial charge on any atom is -0.383 e. The molecule has 0 saturated carbocycles. The summed E-state index contributed by atoms with van der Waals surface area (Å²) in [4.78, 5) is 12.4. The SMILES string of the molecule is COCCNS(=O)(=O)c1ccc(Br)c(C(=O)NCC2CCCO2)c1. The Labute approximate surface area is 150 Å². The predicted octanol–water partition coefficient (Wildman–Crippen LogP) is 1.28. The van der Waals surface area contributed by atoms with Crippen molar-refractivity contribution < 1.29 is 22.7 Å². The van der Waals surface area contributed by atoms with Crippen molar-refractivity contribution in [2.45, 2.75) is 23.8 Å². The van der Waals surface area contributed by atoms with Gasteiger partial charge in [0.1, 0.15) is 0 Å². The second-order valence-electron chi connectivity index (χ2n) is 5.38. The van der Waals surface area contributed by atoms with Crippen LogP contribution in [0.25, 0.3) is 0 Å². The second kappa shape index (κ2) is 8.91. The van der Waals surface area contributed by atoms with Crippen LogP contribution in [0.1, 0.15) is 23.2 Å². The van der Waals surface area contributed by atoms with Gasteiger partial charge in [-0.3, -0.25) is 4.79 Å². The Morgan fingerprint density at radius 2 is 2.25 bits per heavy atom. The molecule has 1 heterocycles. The maximum Gasteiger partial charge on any atom is 0.252 e. The molecule has 0 spiro atoms. The molecule has 1 saturated heterocycles. The molecule has 1 aromatic rings. The van der Waals surface area contributed by atoms with Crippen LogP contribution < -0.4 is 10.0 Å². The van der Waals surface area contributed by atoms with Gasteiger partial charge in [-0.15, -0.1) is 0 Å². The first-order chi connectivity index (χ1) is 11.4. The van der Waals surface area contributed by atoms with Gasteiger partial charge in [-0.2, -0.15) is 0 Å². The number of carbonyl (C=O) groups is 1. The van der Waals surface area contributed by atoms with Crippen molar-refractivity contribution >= 4 is 31.9 Å². The molecule has 0 radical (unpaired) electrons. The third-order valence-corrected chi connectivity index (χ3v) is 5.76. The van der Waals surface area contributed by atoms with Gasteiger partial charge in [0.25, 0.3) is 5.91 Å². The van der Waals surface area contributed by atoms with E-state index in [0.717, 1.165) is 12.8 Å². The van der Waals surface area contributed by atoms with Gasteiger partial charge in [-0.1, -0.05) is 0 Å². The molecule has 0 aliphatic carbocycles. The largest absolute Gasteiger partial charge is 0.383 e. The van der Waals surface area contributed by atoms with Crippen molar-refractivity contribution in [3.8, 4) is 0 Å². The normalized spacial score (nSPS) is 17.8. The molecule has 7 nitrogen and oxygen atoms in total. The van der Waals surface area contributed by atoms with Gasteiger partial charge in [0.05, 0.1) is 23.2 Å². The summed E-state index contributed by atoms with van der Waals surface area (Å²) >= 11 is 3.29. The first-order valence-corrected chi connectivity index (χ1v) is 9.89. The zero-order chi connectivity index (χ0) is 17.6. The van der Waals surface area contributed by atoms with E-state index in [1.54, 1.807) is 6.07 Å².